The largest absolute Gasteiger partial charge is 0.496 e. The zero-order valence-electron chi connectivity index (χ0n) is 13.4. The quantitative estimate of drug-likeness (QED) is 0.369. The maximum atomic E-state index is 12.1. The minimum absolute atomic E-state index is 0.0244. The van der Waals surface area contributed by atoms with Crippen molar-refractivity contribution in [2.75, 3.05) is 7.11 Å². The van der Waals surface area contributed by atoms with E-state index in [-0.39, 0.29) is 17.7 Å². The second-order valence-electron chi connectivity index (χ2n) is 5.73. The van der Waals surface area contributed by atoms with Gasteiger partial charge in [0, 0.05) is 10.0 Å². The predicted molar refractivity (Wildman–Crippen MR) is 97.1 cm³/mol. The van der Waals surface area contributed by atoms with Crippen LogP contribution < -0.4 is 10.5 Å². The Morgan fingerprint density at radius 3 is 2.52 bits per heavy atom. The number of carbonyl (C=O) groups excluding carboxylic acids is 1. The number of hydrogen-bond acceptors (Lipinski definition) is 4. The lowest BCUT2D eigenvalue weighted by molar-refractivity contribution is -0.145. The summed E-state index contributed by atoms with van der Waals surface area (Å²) in [7, 11) is 1.51. The first-order chi connectivity index (χ1) is 12.0. The van der Waals surface area contributed by atoms with Crippen molar-refractivity contribution in [1.29, 1.82) is 0 Å². The Balaban J connectivity index is 1.65. The van der Waals surface area contributed by atoms with Gasteiger partial charge in [-0.25, -0.2) is 4.79 Å². The molecule has 2 atom stereocenters. The van der Waals surface area contributed by atoms with E-state index in [2.05, 4.69) is 5.16 Å². The van der Waals surface area contributed by atoms with Crippen molar-refractivity contribution < 1.29 is 14.4 Å². The molecule has 1 fully saturated rings. The van der Waals surface area contributed by atoms with Crippen molar-refractivity contribution in [3.8, 4) is 5.75 Å². The van der Waals surface area contributed by atoms with E-state index in [4.69, 9.17) is 38.5 Å². The minimum atomic E-state index is -0.413. The van der Waals surface area contributed by atoms with Gasteiger partial charge in [-0.3, -0.25) is 0 Å². The highest BCUT2D eigenvalue weighted by Gasteiger charge is 2.45. The van der Waals surface area contributed by atoms with E-state index < -0.39 is 5.97 Å². The Hall–Kier alpha value is -2.24. The molecular formula is C18H16Cl2N2O3. The topological polar surface area (TPSA) is 73.9 Å². The summed E-state index contributed by atoms with van der Waals surface area (Å²) in [5, 5.41) is 4.87. The van der Waals surface area contributed by atoms with Crippen LogP contribution in [0.4, 0.5) is 0 Å². The summed E-state index contributed by atoms with van der Waals surface area (Å²) in [6.07, 6.45) is 0.719. The number of carbonyl (C=O) groups is 1. The summed E-state index contributed by atoms with van der Waals surface area (Å²) in [5.74, 6) is 0.00771. The highest BCUT2D eigenvalue weighted by atomic mass is 35.5. The number of halogens is 2. The van der Waals surface area contributed by atoms with Crippen LogP contribution in [0.25, 0.3) is 0 Å². The SMILES string of the molecule is COc1ccc(Cl)cc1/C(N)=N/OC(=O)C1CC1c1ccc(Cl)cc1. The maximum Gasteiger partial charge on any atom is 0.338 e. The average molecular weight is 379 g/mol. The number of amidine groups is 1. The second-order valence-corrected chi connectivity index (χ2v) is 6.60. The molecule has 130 valence electrons. The van der Waals surface area contributed by atoms with Gasteiger partial charge in [-0.05, 0) is 48.2 Å². The van der Waals surface area contributed by atoms with Crippen LogP contribution in [0.1, 0.15) is 23.5 Å². The number of nitrogens with two attached hydrogens (primary N) is 1. The van der Waals surface area contributed by atoms with Crippen LogP contribution >= 0.6 is 23.2 Å². The maximum absolute atomic E-state index is 12.1. The van der Waals surface area contributed by atoms with Gasteiger partial charge in [-0.15, -0.1) is 0 Å². The van der Waals surface area contributed by atoms with Crippen LogP contribution in [0, 0.1) is 5.92 Å². The van der Waals surface area contributed by atoms with E-state index in [0.717, 1.165) is 12.0 Å². The van der Waals surface area contributed by atoms with Gasteiger partial charge in [0.2, 0.25) is 0 Å². The molecule has 25 heavy (non-hydrogen) atoms. The molecule has 1 aliphatic rings. The molecule has 0 saturated heterocycles. The molecule has 1 saturated carbocycles. The van der Waals surface area contributed by atoms with Crippen molar-refractivity contribution in [2.24, 2.45) is 16.8 Å². The lowest BCUT2D eigenvalue weighted by Gasteiger charge is -2.07. The molecule has 1 aliphatic carbocycles. The zero-order valence-corrected chi connectivity index (χ0v) is 14.9. The van der Waals surface area contributed by atoms with Gasteiger partial charge in [0.1, 0.15) is 5.75 Å². The Morgan fingerprint density at radius 1 is 1.16 bits per heavy atom. The summed E-state index contributed by atoms with van der Waals surface area (Å²) >= 11 is 11.8. The molecule has 0 radical (unpaired) electrons. The van der Waals surface area contributed by atoms with E-state index >= 15 is 0 Å². The molecule has 2 aromatic carbocycles. The number of nitrogens with zero attached hydrogens (tertiary/aromatic N) is 1. The van der Waals surface area contributed by atoms with Gasteiger partial charge >= 0.3 is 5.97 Å². The highest BCUT2D eigenvalue weighted by Crippen LogP contribution is 2.48. The lowest BCUT2D eigenvalue weighted by Crippen LogP contribution is -2.17. The Labute approximate surface area is 155 Å². The molecule has 0 amide bonds. The fraction of sp³-hybridized carbons (Fsp3) is 0.222. The summed E-state index contributed by atoms with van der Waals surface area (Å²) in [6.45, 7) is 0. The lowest BCUT2D eigenvalue weighted by atomic mass is 10.1. The van der Waals surface area contributed by atoms with Gasteiger partial charge in [0.15, 0.2) is 5.84 Å². The molecule has 2 N–H and O–H groups in total. The first-order valence-electron chi connectivity index (χ1n) is 7.63. The fourth-order valence-corrected chi connectivity index (χ4v) is 2.92. The molecule has 7 heteroatoms. The minimum Gasteiger partial charge on any atom is -0.496 e. The molecule has 0 bridgehead atoms. The van der Waals surface area contributed by atoms with Crippen molar-refractivity contribution >= 4 is 35.0 Å². The monoisotopic (exact) mass is 378 g/mol. The van der Waals surface area contributed by atoms with Crippen molar-refractivity contribution in [2.45, 2.75) is 12.3 Å². The Bertz CT molecular complexity index is 822. The Morgan fingerprint density at radius 2 is 1.84 bits per heavy atom. The molecule has 2 aromatic rings. The summed E-state index contributed by atoms with van der Waals surface area (Å²) in [4.78, 5) is 17.1. The number of oxime groups is 1. The molecule has 3 rings (SSSR count). The van der Waals surface area contributed by atoms with E-state index in [1.54, 1.807) is 30.3 Å². The summed E-state index contributed by atoms with van der Waals surface area (Å²) < 4.78 is 5.20. The summed E-state index contributed by atoms with van der Waals surface area (Å²) in [6, 6.07) is 12.4. The fourth-order valence-electron chi connectivity index (χ4n) is 2.63. The van der Waals surface area contributed by atoms with Gasteiger partial charge in [0.05, 0.1) is 18.6 Å². The number of hydrogen-bond donors (Lipinski definition) is 1. The number of rotatable bonds is 5. The molecule has 5 nitrogen and oxygen atoms in total. The van der Waals surface area contributed by atoms with E-state index in [9.17, 15) is 4.79 Å². The number of ether oxygens (including phenoxy) is 1. The predicted octanol–water partition coefficient (Wildman–Crippen LogP) is 3.97. The van der Waals surface area contributed by atoms with Crippen LogP contribution in [0.3, 0.4) is 0 Å². The first kappa shape index (κ1) is 17.6. The third kappa shape index (κ3) is 4.06. The van der Waals surface area contributed by atoms with Crippen LogP contribution in [0.15, 0.2) is 47.6 Å². The second kappa shape index (κ2) is 7.33. The standard InChI is InChI=1S/C18H16Cl2N2O3/c1-24-16-7-6-12(20)8-15(16)17(21)22-25-18(23)14-9-13(14)10-2-4-11(19)5-3-10/h2-8,13-14H,9H2,1H3,(H2,21,22). The average Bonchev–Trinajstić information content (AvgIpc) is 3.40. The number of benzene rings is 2. The molecule has 0 heterocycles. The molecule has 2 unspecified atom stereocenters. The molecular weight excluding hydrogens is 363 g/mol. The first-order valence-corrected chi connectivity index (χ1v) is 8.39. The van der Waals surface area contributed by atoms with E-state index in [0.29, 0.717) is 21.4 Å². The normalized spacial score (nSPS) is 19.4. The van der Waals surface area contributed by atoms with Gasteiger partial charge in [-0.2, -0.15) is 0 Å². The van der Waals surface area contributed by atoms with Crippen LogP contribution in [0.5, 0.6) is 5.75 Å². The smallest absolute Gasteiger partial charge is 0.338 e. The third-order valence-corrected chi connectivity index (χ3v) is 4.55. The Kier molecular flexibility index (Phi) is 5.16. The van der Waals surface area contributed by atoms with Crippen LogP contribution in [-0.2, 0) is 9.63 Å². The van der Waals surface area contributed by atoms with E-state index in [1.165, 1.54) is 7.11 Å². The molecule has 0 aromatic heterocycles. The zero-order chi connectivity index (χ0) is 18.0. The van der Waals surface area contributed by atoms with Crippen LogP contribution in [0.2, 0.25) is 10.0 Å². The van der Waals surface area contributed by atoms with Crippen molar-refractivity contribution in [3.63, 3.8) is 0 Å². The summed E-state index contributed by atoms with van der Waals surface area (Å²) in [5.41, 5.74) is 7.41. The van der Waals surface area contributed by atoms with Crippen molar-refractivity contribution in [1.82, 2.24) is 0 Å². The third-order valence-electron chi connectivity index (χ3n) is 4.06. The van der Waals surface area contributed by atoms with Crippen molar-refractivity contribution in [3.05, 3.63) is 63.6 Å². The van der Waals surface area contributed by atoms with Gasteiger partial charge < -0.3 is 15.3 Å². The molecule has 0 aliphatic heterocycles. The number of methoxy groups -OCH3 is 1. The molecule has 0 spiro atoms. The van der Waals surface area contributed by atoms with E-state index in [1.807, 2.05) is 12.1 Å². The van der Waals surface area contributed by atoms with Crippen LogP contribution in [-0.4, -0.2) is 18.9 Å². The van der Waals surface area contributed by atoms with Gasteiger partial charge in [-0.1, -0.05) is 40.5 Å². The van der Waals surface area contributed by atoms with Gasteiger partial charge in [0.25, 0.3) is 0 Å². The highest BCUT2D eigenvalue weighted by molar-refractivity contribution is 6.31.